The third-order valence-electron chi connectivity index (χ3n) is 3.16. The summed E-state index contributed by atoms with van der Waals surface area (Å²) in [5.41, 5.74) is 0.903. The van der Waals surface area contributed by atoms with Crippen LogP contribution in [-0.2, 0) is 0 Å². The van der Waals surface area contributed by atoms with Crippen molar-refractivity contribution in [3.05, 3.63) is 24.3 Å². The lowest BCUT2D eigenvalue weighted by Gasteiger charge is -2.29. The van der Waals surface area contributed by atoms with Crippen molar-refractivity contribution >= 4 is 5.69 Å². The van der Waals surface area contributed by atoms with E-state index in [2.05, 4.69) is 22.2 Å². The van der Waals surface area contributed by atoms with Crippen LogP contribution in [0.25, 0.3) is 0 Å². The maximum absolute atomic E-state index is 12.6. The van der Waals surface area contributed by atoms with E-state index < -0.39 is 5.95 Å². The minimum atomic E-state index is -0.426. The number of halogens is 1. The molecule has 0 unspecified atom stereocenters. The molecule has 2 heterocycles. The van der Waals surface area contributed by atoms with Gasteiger partial charge in [0.25, 0.3) is 0 Å². The second-order valence-electron chi connectivity index (χ2n) is 4.50. The summed E-state index contributed by atoms with van der Waals surface area (Å²) in [5, 5.41) is 3.31. The SMILES string of the molecule is CN1CCC(CNc2ccc(F)nc2)CC1. The van der Waals surface area contributed by atoms with E-state index in [9.17, 15) is 4.39 Å². The number of pyridine rings is 1. The first-order valence-corrected chi connectivity index (χ1v) is 5.78. The zero-order chi connectivity index (χ0) is 11.4. The van der Waals surface area contributed by atoms with Crippen LogP contribution in [-0.4, -0.2) is 36.6 Å². The maximum Gasteiger partial charge on any atom is 0.212 e. The van der Waals surface area contributed by atoms with Gasteiger partial charge in [-0.05, 0) is 51.0 Å². The molecule has 1 aliphatic heterocycles. The van der Waals surface area contributed by atoms with E-state index in [4.69, 9.17) is 0 Å². The Bertz CT molecular complexity index is 318. The molecule has 0 bridgehead atoms. The fraction of sp³-hybridized carbons (Fsp3) is 0.583. The highest BCUT2D eigenvalue weighted by atomic mass is 19.1. The minimum absolute atomic E-state index is 0.426. The lowest BCUT2D eigenvalue weighted by Crippen LogP contribution is -2.32. The summed E-state index contributed by atoms with van der Waals surface area (Å²) in [6.45, 7) is 3.31. The Morgan fingerprint density at radius 3 is 2.81 bits per heavy atom. The maximum atomic E-state index is 12.6. The smallest absolute Gasteiger partial charge is 0.212 e. The summed E-state index contributed by atoms with van der Waals surface area (Å²) in [6.07, 6.45) is 4.01. The molecule has 1 saturated heterocycles. The van der Waals surface area contributed by atoms with Crippen molar-refractivity contribution < 1.29 is 4.39 Å². The molecular formula is C12H18FN3. The summed E-state index contributed by atoms with van der Waals surface area (Å²) in [4.78, 5) is 5.97. The van der Waals surface area contributed by atoms with Gasteiger partial charge in [-0.1, -0.05) is 0 Å². The lowest BCUT2D eigenvalue weighted by molar-refractivity contribution is 0.226. The van der Waals surface area contributed by atoms with Gasteiger partial charge in [0.2, 0.25) is 5.95 Å². The molecule has 1 aliphatic rings. The number of anilines is 1. The van der Waals surface area contributed by atoms with Gasteiger partial charge in [0, 0.05) is 6.54 Å². The van der Waals surface area contributed by atoms with E-state index in [0.29, 0.717) is 0 Å². The Morgan fingerprint density at radius 2 is 2.19 bits per heavy atom. The zero-order valence-corrected chi connectivity index (χ0v) is 9.62. The Labute approximate surface area is 95.7 Å². The third kappa shape index (κ3) is 3.17. The van der Waals surface area contributed by atoms with Crippen LogP contribution in [0, 0.1) is 11.9 Å². The fourth-order valence-corrected chi connectivity index (χ4v) is 2.01. The largest absolute Gasteiger partial charge is 0.384 e. The minimum Gasteiger partial charge on any atom is -0.384 e. The van der Waals surface area contributed by atoms with Crippen LogP contribution in [0.2, 0.25) is 0 Å². The summed E-state index contributed by atoms with van der Waals surface area (Å²) in [6, 6.07) is 3.12. The number of piperidine rings is 1. The molecule has 0 spiro atoms. The molecular weight excluding hydrogens is 205 g/mol. The highest BCUT2D eigenvalue weighted by molar-refractivity contribution is 5.39. The van der Waals surface area contributed by atoms with E-state index in [1.807, 2.05) is 0 Å². The van der Waals surface area contributed by atoms with Crippen molar-refractivity contribution in [3.8, 4) is 0 Å². The van der Waals surface area contributed by atoms with E-state index in [1.54, 1.807) is 12.3 Å². The number of hydrogen-bond donors (Lipinski definition) is 1. The summed E-state index contributed by atoms with van der Waals surface area (Å²) < 4.78 is 12.6. The summed E-state index contributed by atoms with van der Waals surface area (Å²) in [5.74, 6) is 0.297. The Balaban J connectivity index is 1.77. The predicted molar refractivity (Wildman–Crippen MR) is 62.9 cm³/mol. The molecule has 0 atom stereocenters. The van der Waals surface area contributed by atoms with E-state index >= 15 is 0 Å². The first kappa shape index (κ1) is 11.3. The summed E-state index contributed by atoms with van der Waals surface area (Å²) in [7, 11) is 2.16. The molecule has 4 heteroatoms. The Morgan fingerprint density at radius 1 is 1.44 bits per heavy atom. The quantitative estimate of drug-likeness (QED) is 0.794. The Kier molecular flexibility index (Phi) is 3.72. The normalized spacial score (nSPS) is 18.6. The van der Waals surface area contributed by atoms with Crippen LogP contribution >= 0.6 is 0 Å². The molecule has 16 heavy (non-hydrogen) atoms. The summed E-state index contributed by atoms with van der Waals surface area (Å²) >= 11 is 0. The highest BCUT2D eigenvalue weighted by Gasteiger charge is 2.15. The molecule has 2 rings (SSSR count). The molecule has 1 N–H and O–H groups in total. The molecule has 3 nitrogen and oxygen atoms in total. The van der Waals surface area contributed by atoms with Gasteiger partial charge in [-0.15, -0.1) is 0 Å². The number of hydrogen-bond acceptors (Lipinski definition) is 3. The standard InChI is InChI=1S/C12H18FN3/c1-16-6-4-10(5-7-16)8-14-11-2-3-12(13)15-9-11/h2-3,9-10,14H,4-8H2,1H3. The van der Waals surface area contributed by atoms with Crippen molar-refractivity contribution in [1.82, 2.24) is 9.88 Å². The predicted octanol–water partition coefficient (Wildman–Crippen LogP) is 1.97. The number of likely N-dealkylation sites (tertiary alicyclic amines) is 1. The van der Waals surface area contributed by atoms with Crippen LogP contribution in [0.15, 0.2) is 18.3 Å². The van der Waals surface area contributed by atoms with Gasteiger partial charge in [-0.25, -0.2) is 4.98 Å². The van der Waals surface area contributed by atoms with Gasteiger partial charge in [0.1, 0.15) is 0 Å². The second-order valence-corrected chi connectivity index (χ2v) is 4.50. The molecule has 0 amide bonds. The monoisotopic (exact) mass is 223 g/mol. The average Bonchev–Trinajstić information content (AvgIpc) is 2.30. The fourth-order valence-electron chi connectivity index (χ4n) is 2.01. The average molecular weight is 223 g/mol. The van der Waals surface area contributed by atoms with Crippen molar-refractivity contribution in [2.24, 2.45) is 5.92 Å². The van der Waals surface area contributed by atoms with Gasteiger partial charge in [-0.3, -0.25) is 0 Å². The van der Waals surface area contributed by atoms with E-state index in [0.717, 1.165) is 18.2 Å². The Hall–Kier alpha value is -1.16. The van der Waals surface area contributed by atoms with Crippen molar-refractivity contribution in [2.45, 2.75) is 12.8 Å². The van der Waals surface area contributed by atoms with Crippen LogP contribution < -0.4 is 5.32 Å². The second kappa shape index (κ2) is 5.25. The highest BCUT2D eigenvalue weighted by Crippen LogP contribution is 2.16. The van der Waals surface area contributed by atoms with E-state index in [-0.39, 0.29) is 0 Å². The molecule has 0 aromatic carbocycles. The van der Waals surface area contributed by atoms with Crippen LogP contribution in [0.3, 0.4) is 0 Å². The molecule has 1 aromatic rings. The van der Waals surface area contributed by atoms with Crippen LogP contribution in [0.1, 0.15) is 12.8 Å². The van der Waals surface area contributed by atoms with Crippen molar-refractivity contribution in [3.63, 3.8) is 0 Å². The van der Waals surface area contributed by atoms with Gasteiger partial charge in [0.15, 0.2) is 0 Å². The third-order valence-corrected chi connectivity index (χ3v) is 3.16. The number of nitrogens with one attached hydrogen (secondary N) is 1. The van der Waals surface area contributed by atoms with Crippen LogP contribution in [0.4, 0.5) is 10.1 Å². The molecule has 0 radical (unpaired) electrons. The number of nitrogens with zero attached hydrogens (tertiary/aromatic N) is 2. The molecule has 88 valence electrons. The topological polar surface area (TPSA) is 28.2 Å². The molecule has 0 saturated carbocycles. The lowest BCUT2D eigenvalue weighted by atomic mass is 9.97. The van der Waals surface area contributed by atoms with Crippen molar-refractivity contribution in [1.29, 1.82) is 0 Å². The molecule has 0 aliphatic carbocycles. The van der Waals surface area contributed by atoms with Gasteiger partial charge < -0.3 is 10.2 Å². The first-order valence-electron chi connectivity index (χ1n) is 5.78. The number of aromatic nitrogens is 1. The first-order chi connectivity index (χ1) is 7.74. The van der Waals surface area contributed by atoms with Crippen LogP contribution in [0.5, 0.6) is 0 Å². The van der Waals surface area contributed by atoms with Gasteiger partial charge in [0.05, 0.1) is 11.9 Å². The molecule has 1 fully saturated rings. The molecule has 1 aromatic heterocycles. The number of rotatable bonds is 3. The van der Waals surface area contributed by atoms with E-state index in [1.165, 1.54) is 32.0 Å². The van der Waals surface area contributed by atoms with Gasteiger partial charge >= 0.3 is 0 Å². The van der Waals surface area contributed by atoms with Crippen molar-refractivity contribution in [2.75, 3.05) is 32.0 Å². The van der Waals surface area contributed by atoms with Gasteiger partial charge in [-0.2, -0.15) is 4.39 Å². The zero-order valence-electron chi connectivity index (χ0n) is 9.62.